The molecule has 0 aliphatic heterocycles. The molecule has 14 heteroatoms. The third-order valence-corrected chi connectivity index (χ3v) is 37.2. The van der Waals surface area contributed by atoms with Gasteiger partial charge < -0.3 is 37.3 Å². The van der Waals surface area contributed by atoms with Gasteiger partial charge >= 0.3 is 0 Å². The minimum atomic E-state index is -3.93. The van der Waals surface area contributed by atoms with E-state index in [1.165, 1.54) is 0 Å². The summed E-state index contributed by atoms with van der Waals surface area (Å²) in [5.74, 6) is 0.734. The van der Waals surface area contributed by atoms with Crippen LogP contribution in [-0.2, 0) is 43.9 Å². The molecular formula is C64H116O10SSi3. The highest BCUT2D eigenvalue weighted by Crippen LogP contribution is 2.46. The Bertz CT molecular complexity index is 2140. The largest absolute Gasteiger partial charge is 0.497 e. The molecule has 1 aliphatic carbocycles. The fraction of sp³-hybridized carbons (Fsp3) is 0.781. The molecule has 3 rings (SSSR count). The van der Waals surface area contributed by atoms with Gasteiger partial charge in [0.05, 0.1) is 54.4 Å². The van der Waals surface area contributed by atoms with Crippen molar-refractivity contribution in [1.82, 2.24) is 0 Å². The first kappa shape index (κ1) is 70.6. The van der Waals surface area contributed by atoms with E-state index in [9.17, 15) is 5.11 Å². The second kappa shape index (κ2) is 31.3. The first-order chi connectivity index (χ1) is 36.3. The monoisotopic (exact) mass is 1160 g/mol. The van der Waals surface area contributed by atoms with E-state index in [1.807, 2.05) is 44.4 Å². The molecule has 1 N–H and O–H groups in total. The molecule has 0 spiro atoms. The highest BCUT2D eigenvalue weighted by molar-refractivity contribution is 7.92. The van der Waals surface area contributed by atoms with Crippen LogP contribution in [0.5, 0.6) is 5.75 Å². The Balaban J connectivity index is 2.11. The second-order valence-corrected chi connectivity index (χ2v) is 44.1. The van der Waals surface area contributed by atoms with Gasteiger partial charge in [0.2, 0.25) is 8.32 Å². The normalized spacial score (nSPS) is 21.1. The Morgan fingerprint density at radius 2 is 1.33 bits per heavy atom. The molecule has 10 nitrogen and oxygen atoms in total. The van der Waals surface area contributed by atoms with E-state index in [-0.39, 0.29) is 46.3 Å². The lowest BCUT2D eigenvalue weighted by molar-refractivity contribution is -0.122. The van der Waals surface area contributed by atoms with Gasteiger partial charge in [0.15, 0.2) is 26.5 Å². The highest BCUT2D eigenvalue weighted by atomic mass is 32.2. The minimum absolute atomic E-state index is 0.0280. The van der Waals surface area contributed by atoms with Crippen LogP contribution in [0, 0.1) is 29.6 Å². The molecule has 0 heterocycles. The molecule has 1 unspecified atom stereocenters. The van der Waals surface area contributed by atoms with Crippen molar-refractivity contribution in [3.05, 3.63) is 71.8 Å². The van der Waals surface area contributed by atoms with Crippen LogP contribution in [0.3, 0.4) is 0 Å². The summed E-state index contributed by atoms with van der Waals surface area (Å²) in [6.45, 7) is 46.3. The SMILES string of the molecule is CC[Si](CC)(O[C@H](/C(C)=C/[C@@H](C)C(C[C@@H](O)[C@H](C)C[C@@H]1CC[C@@H](O[Si](C(C)C)(C(C)C)C(C)C)[C@H](OC)C1)S(=O)(=O)c1ccccc1)[C@@H](OC)[C@H](OCc1ccc(OC)cc1)[C@H](C)C[C@H](C)CO[Si](C)(C)C(C)(C)C)C(C)C. The molecule has 0 aromatic heterocycles. The Morgan fingerprint density at radius 1 is 0.756 bits per heavy atom. The first-order valence-corrected chi connectivity index (χ1v) is 39.3. The molecule has 12 atom stereocenters. The topological polar surface area (TPSA) is 119 Å². The van der Waals surface area contributed by atoms with Gasteiger partial charge in [-0.15, -0.1) is 0 Å². The predicted molar refractivity (Wildman–Crippen MR) is 334 cm³/mol. The zero-order valence-electron chi connectivity index (χ0n) is 53.6. The summed E-state index contributed by atoms with van der Waals surface area (Å²) in [5.41, 5.74) is 3.68. The Morgan fingerprint density at radius 3 is 1.82 bits per heavy atom. The average Bonchev–Trinajstić information content (AvgIpc) is 3.38. The van der Waals surface area contributed by atoms with Gasteiger partial charge in [-0.1, -0.05) is 154 Å². The van der Waals surface area contributed by atoms with Gasteiger partial charge in [0.1, 0.15) is 11.9 Å². The summed E-state index contributed by atoms with van der Waals surface area (Å²) < 4.78 is 77.7. The predicted octanol–water partition coefficient (Wildman–Crippen LogP) is 16.6. The van der Waals surface area contributed by atoms with E-state index in [1.54, 1.807) is 38.5 Å². The molecule has 1 fully saturated rings. The second-order valence-electron chi connectivity index (χ2n) is 26.8. The summed E-state index contributed by atoms with van der Waals surface area (Å²) in [4.78, 5) is 0.260. The third-order valence-electron chi connectivity index (χ3n) is 19.0. The number of benzene rings is 2. The number of hydrogen-bond acceptors (Lipinski definition) is 10. The third kappa shape index (κ3) is 18.4. The lowest BCUT2D eigenvalue weighted by atomic mass is 9.78. The minimum Gasteiger partial charge on any atom is -0.497 e. The Labute approximate surface area is 481 Å². The lowest BCUT2D eigenvalue weighted by Gasteiger charge is -2.48. The van der Waals surface area contributed by atoms with E-state index in [4.69, 9.17) is 32.2 Å². The molecule has 0 radical (unpaired) electrons. The van der Waals surface area contributed by atoms with Crippen LogP contribution in [0.1, 0.15) is 169 Å². The van der Waals surface area contributed by atoms with Crippen molar-refractivity contribution in [1.29, 1.82) is 0 Å². The molecule has 0 saturated heterocycles. The van der Waals surface area contributed by atoms with Crippen LogP contribution in [0.2, 0.25) is 52.4 Å². The van der Waals surface area contributed by atoms with Crippen molar-refractivity contribution in [3.8, 4) is 5.75 Å². The van der Waals surface area contributed by atoms with Crippen LogP contribution in [0.25, 0.3) is 0 Å². The summed E-state index contributed by atoms with van der Waals surface area (Å²) >= 11 is 0. The number of ether oxygens (including phenoxy) is 4. The van der Waals surface area contributed by atoms with Gasteiger partial charge in [0, 0.05) is 20.8 Å². The standard InChI is InChI=1S/C64H116O10SSi3/c1-24-77(25-2,44(3)4)74-62(63(70-21)61(71-43-53-31-34-55(68-19)35-32-53)51(14)37-48(11)42-72-76(22,23)64(16,17)18)52(15)38-50(13)60(75(66,67)56-29-27-26-28-30-56)41-57(65)49(12)39-54-33-36-58(59(40-54)69-20)73-78(45(5)6,46(7)8)47(9)10/h26-32,34-35,38,44-51,54,57-63,65H,24-25,33,36-37,39-43H2,1-23H3/b52-38+/t48-,49+,50+,51+,54-,57+,58+,59+,60?,61+,62+,63-/m0/s1. The summed E-state index contributed by atoms with van der Waals surface area (Å²) in [6.07, 6.45) is 4.25. The molecule has 78 heavy (non-hydrogen) atoms. The Hall–Kier alpha value is -1.70. The van der Waals surface area contributed by atoms with Crippen molar-refractivity contribution in [3.63, 3.8) is 0 Å². The number of hydrogen-bond donors (Lipinski definition) is 1. The number of rotatable bonds is 34. The molecule has 2 aromatic carbocycles. The molecule has 1 saturated carbocycles. The van der Waals surface area contributed by atoms with Gasteiger partial charge in [-0.25, -0.2) is 8.42 Å². The van der Waals surface area contributed by atoms with Crippen molar-refractivity contribution < 1.29 is 45.7 Å². The quantitative estimate of drug-likeness (QED) is 0.0536. The van der Waals surface area contributed by atoms with Crippen LogP contribution < -0.4 is 4.74 Å². The highest BCUT2D eigenvalue weighted by Gasteiger charge is 2.49. The van der Waals surface area contributed by atoms with Crippen LogP contribution in [0.4, 0.5) is 0 Å². The average molecular weight is 1160 g/mol. The fourth-order valence-electron chi connectivity index (χ4n) is 13.0. The van der Waals surface area contributed by atoms with Gasteiger partial charge in [0.25, 0.3) is 0 Å². The maximum Gasteiger partial charge on any atom is 0.200 e. The van der Waals surface area contributed by atoms with Crippen LogP contribution in [0.15, 0.2) is 71.1 Å². The lowest BCUT2D eigenvalue weighted by Crippen LogP contribution is -2.53. The number of allylic oxidation sites excluding steroid dienone is 1. The fourth-order valence-corrected chi connectivity index (χ4v) is 25.3. The number of aliphatic hydroxyl groups excluding tert-OH is 1. The van der Waals surface area contributed by atoms with Crippen molar-refractivity contribution >= 4 is 34.8 Å². The van der Waals surface area contributed by atoms with E-state index >= 15 is 8.42 Å². The number of methoxy groups -OCH3 is 3. The van der Waals surface area contributed by atoms with Gasteiger partial charge in [-0.3, -0.25) is 0 Å². The van der Waals surface area contributed by atoms with Crippen molar-refractivity contribution in [2.24, 2.45) is 29.6 Å². The van der Waals surface area contributed by atoms with E-state index < -0.39 is 70.4 Å². The van der Waals surface area contributed by atoms with E-state index in [2.05, 4.69) is 137 Å². The molecule has 450 valence electrons. The molecule has 0 amide bonds. The first-order valence-electron chi connectivity index (χ1n) is 30.3. The van der Waals surface area contributed by atoms with Crippen LogP contribution >= 0.6 is 0 Å². The smallest absolute Gasteiger partial charge is 0.200 e. The molecule has 0 bridgehead atoms. The summed E-state index contributed by atoms with van der Waals surface area (Å²) in [6, 6.07) is 18.6. The molecule has 2 aromatic rings. The summed E-state index contributed by atoms with van der Waals surface area (Å²) in [5, 5.41) is 11.5. The zero-order chi connectivity index (χ0) is 59.1. The Kier molecular flexibility index (Phi) is 28.3. The summed E-state index contributed by atoms with van der Waals surface area (Å²) in [7, 11) is -5.23. The number of aliphatic hydroxyl groups is 1. The molecule has 1 aliphatic rings. The van der Waals surface area contributed by atoms with Crippen molar-refractivity contribution in [2.75, 3.05) is 27.9 Å². The molecular weight excluding hydrogens is 1050 g/mol. The maximum absolute atomic E-state index is 15.1. The maximum atomic E-state index is 15.1. The zero-order valence-corrected chi connectivity index (χ0v) is 57.4. The number of sulfone groups is 1. The van der Waals surface area contributed by atoms with Gasteiger partial charge in [-0.05, 0) is 163 Å². The van der Waals surface area contributed by atoms with E-state index in [0.717, 1.165) is 61.1 Å². The van der Waals surface area contributed by atoms with E-state index in [0.29, 0.717) is 41.3 Å². The van der Waals surface area contributed by atoms with Crippen LogP contribution in [-0.4, -0.2) is 108 Å². The van der Waals surface area contributed by atoms with Gasteiger partial charge in [-0.2, -0.15) is 0 Å². The van der Waals surface area contributed by atoms with Crippen molar-refractivity contribution in [2.45, 2.75) is 269 Å².